The first-order valence-corrected chi connectivity index (χ1v) is 20.7. The quantitative estimate of drug-likeness (QED) is 0.0695. The van der Waals surface area contributed by atoms with Crippen LogP contribution in [-0.2, 0) is 34.6 Å². The number of hydrogen-bond acceptors (Lipinski definition) is 12. The molecule has 0 bridgehead atoms. The molecule has 21 heteroatoms. The lowest BCUT2D eigenvalue weighted by atomic mass is 9.83. The van der Waals surface area contributed by atoms with Crippen LogP contribution in [0.4, 0.5) is 29.7 Å². The number of urea groups is 1. The summed E-state index contributed by atoms with van der Waals surface area (Å²) in [6, 6.07) is 11.6. The molecule has 5 aromatic rings. The summed E-state index contributed by atoms with van der Waals surface area (Å²) in [5.41, 5.74) is 12.8. The summed E-state index contributed by atoms with van der Waals surface area (Å²) in [5, 5.41) is 20.8. The number of nitrogens with one attached hydrogen (secondary N) is 4. The average Bonchev–Trinajstić information content (AvgIpc) is 3.68. The highest BCUT2D eigenvalue weighted by Gasteiger charge is 2.39. The van der Waals surface area contributed by atoms with Crippen LogP contribution in [0.2, 0.25) is 0 Å². The van der Waals surface area contributed by atoms with Crippen LogP contribution >= 0.6 is 0 Å². The molecule has 340 valence electrons. The monoisotopic (exact) mass is 885 g/mol. The van der Waals surface area contributed by atoms with Gasteiger partial charge in [0.15, 0.2) is 0 Å². The van der Waals surface area contributed by atoms with Crippen molar-refractivity contribution in [3.05, 3.63) is 112 Å². The molecule has 6 rings (SSSR count). The number of amides is 5. The van der Waals surface area contributed by atoms with E-state index in [0.29, 0.717) is 52.4 Å². The number of anilines is 2. The third kappa shape index (κ3) is 11.1. The zero-order valence-corrected chi connectivity index (χ0v) is 36.2. The van der Waals surface area contributed by atoms with E-state index in [1.807, 2.05) is 19.0 Å². The van der Waals surface area contributed by atoms with E-state index < -0.39 is 65.2 Å². The number of nitrogens with zero attached hydrogens (tertiary/aromatic N) is 7. The van der Waals surface area contributed by atoms with Crippen molar-refractivity contribution in [1.29, 1.82) is 0 Å². The molecule has 1 aliphatic heterocycles. The maximum absolute atomic E-state index is 15.3. The van der Waals surface area contributed by atoms with Crippen molar-refractivity contribution in [3.63, 3.8) is 0 Å². The van der Waals surface area contributed by atoms with Crippen LogP contribution in [-0.4, -0.2) is 104 Å². The Morgan fingerprint density at radius 2 is 1.70 bits per heavy atom. The highest BCUT2D eigenvalue weighted by atomic mass is 19.1. The molecule has 64 heavy (non-hydrogen) atoms. The lowest BCUT2D eigenvalue weighted by molar-refractivity contribution is -0.128. The van der Waals surface area contributed by atoms with Crippen LogP contribution in [0.15, 0.2) is 71.8 Å². The zero-order valence-electron chi connectivity index (χ0n) is 36.2. The van der Waals surface area contributed by atoms with E-state index in [0.717, 1.165) is 10.7 Å². The van der Waals surface area contributed by atoms with Crippen molar-refractivity contribution in [2.45, 2.75) is 64.0 Å². The van der Waals surface area contributed by atoms with Crippen molar-refractivity contribution in [2.75, 3.05) is 44.4 Å². The number of hydrogen-bond donors (Lipinski definition) is 6. The van der Waals surface area contributed by atoms with Crippen molar-refractivity contribution in [1.82, 2.24) is 45.0 Å². The van der Waals surface area contributed by atoms with Crippen LogP contribution in [0.1, 0.15) is 61.3 Å². The number of aromatic nitrogens is 5. The average molecular weight is 886 g/mol. The number of nitrogens with two attached hydrogens (primary N) is 2. The second-order valence-electron chi connectivity index (χ2n) is 16.2. The predicted molar refractivity (Wildman–Crippen MR) is 234 cm³/mol. The lowest BCUT2D eigenvalue weighted by Gasteiger charge is -2.34. The van der Waals surface area contributed by atoms with Gasteiger partial charge < -0.3 is 42.4 Å². The number of primary amides is 1. The van der Waals surface area contributed by atoms with Crippen molar-refractivity contribution >= 4 is 46.1 Å². The van der Waals surface area contributed by atoms with Gasteiger partial charge in [0.1, 0.15) is 43.1 Å². The molecule has 2 aromatic heterocycles. The van der Waals surface area contributed by atoms with Crippen LogP contribution < -0.4 is 38.3 Å². The first-order valence-electron chi connectivity index (χ1n) is 20.7. The molecule has 3 aromatic carbocycles. The number of ether oxygens (including phenoxy) is 1. The molecule has 0 aliphatic carbocycles. The number of halogens is 2. The standard InChI is InChI=1S/C43H53F2N13O6/c1-24(2)35(46)40(60)53-31(7-6-16-48-42(47)62)39(59)51-29-14-8-25(9-15-29)21-64-43(63)57(18-17-55(3)4)23-58-41(61)30-19-28(45)20-32-33(30)37(54-58)34(38-49-22-50-56(38)5)36(52-32)26-10-12-27(44)13-11-26/h8-15,19-20,22,24,31,34-36,52H,6-7,16-18,21,23,46H2,1-5H3,(H,51,59)(H,53,60)(H3,47,48,62)/t31-,34+,35-,36+/m0/s1. The van der Waals surface area contributed by atoms with Crippen molar-refractivity contribution < 1.29 is 32.7 Å². The van der Waals surface area contributed by atoms with E-state index in [1.165, 1.54) is 29.4 Å². The summed E-state index contributed by atoms with van der Waals surface area (Å²) in [6.45, 7) is 3.75. The fourth-order valence-corrected chi connectivity index (χ4v) is 7.27. The molecular formula is C43H53F2N13O6. The molecule has 0 fully saturated rings. The first kappa shape index (κ1) is 46.5. The number of likely N-dealkylation sites (N-methyl/N-ethyl adjacent to an activating group) is 1. The normalized spacial score (nSPS) is 15.3. The largest absolute Gasteiger partial charge is 0.445 e. The molecule has 0 radical (unpaired) electrons. The van der Waals surface area contributed by atoms with Gasteiger partial charge in [0.05, 0.1) is 29.1 Å². The van der Waals surface area contributed by atoms with Gasteiger partial charge in [0.25, 0.3) is 5.56 Å². The topological polar surface area (TPSA) is 250 Å². The maximum atomic E-state index is 15.3. The predicted octanol–water partition coefficient (Wildman–Crippen LogP) is 3.11. The molecule has 0 saturated heterocycles. The molecule has 5 amide bonds. The molecule has 19 nitrogen and oxygen atoms in total. The smallest absolute Gasteiger partial charge is 0.411 e. The summed E-state index contributed by atoms with van der Waals surface area (Å²) in [6.07, 6.45) is 1.16. The number of carbonyl (C=O) groups excluding carboxylic acids is 4. The van der Waals surface area contributed by atoms with Gasteiger partial charge in [-0.05, 0) is 80.4 Å². The molecule has 3 heterocycles. The second kappa shape index (κ2) is 20.5. The lowest BCUT2D eigenvalue weighted by Crippen LogP contribution is -2.51. The molecule has 8 N–H and O–H groups in total. The van der Waals surface area contributed by atoms with E-state index >= 15 is 4.39 Å². The van der Waals surface area contributed by atoms with Crippen LogP contribution in [0.5, 0.6) is 0 Å². The summed E-state index contributed by atoms with van der Waals surface area (Å²) >= 11 is 0. The Balaban J connectivity index is 1.21. The van der Waals surface area contributed by atoms with Crippen LogP contribution in [0.3, 0.4) is 0 Å². The third-order valence-electron chi connectivity index (χ3n) is 10.8. The minimum Gasteiger partial charge on any atom is -0.445 e. The SMILES string of the molecule is CC(C)[C@H](N)C(=O)N[C@@H](CCCNC(N)=O)C(=O)Nc1ccc(COC(=O)N(CCN(C)C)Cn2nc3c4c(cc(F)cc4c2=O)N[C@H](c2ccc(F)cc2)[C@H]3c2ncnn2C)cc1. The Bertz CT molecular complexity index is 2530. The number of carbonyl (C=O) groups is 4. The van der Waals surface area contributed by atoms with E-state index in [2.05, 4.69) is 31.3 Å². The summed E-state index contributed by atoms with van der Waals surface area (Å²) < 4.78 is 37.8. The molecule has 1 aliphatic rings. The number of aryl methyl sites for hydroxylation is 1. The summed E-state index contributed by atoms with van der Waals surface area (Å²) in [7, 11) is 5.36. The van der Waals surface area contributed by atoms with Gasteiger partial charge in [0.2, 0.25) is 11.8 Å². The van der Waals surface area contributed by atoms with E-state index in [-0.39, 0.29) is 44.1 Å². The Hall–Kier alpha value is -7.00. The van der Waals surface area contributed by atoms with Gasteiger partial charge >= 0.3 is 12.1 Å². The molecule has 0 unspecified atom stereocenters. The summed E-state index contributed by atoms with van der Waals surface area (Å²) in [5.74, 6) is -2.51. The third-order valence-corrected chi connectivity index (χ3v) is 10.8. The van der Waals surface area contributed by atoms with Crippen molar-refractivity contribution in [3.8, 4) is 0 Å². The Labute approximate surface area is 367 Å². The fraction of sp³-hybridized carbons (Fsp3) is 0.395. The second-order valence-corrected chi connectivity index (χ2v) is 16.2. The van der Waals surface area contributed by atoms with Gasteiger partial charge in [-0.3, -0.25) is 24.0 Å². The maximum Gasteiger partial charge on any atom is 0.411 e. The van der Waals surface area contributed by atoms with Gasteiger partial charge in [-0.15, -0.1) is 0 Å². The minimum atomic E-state index is -0.962. The van der Waals surface area contributed by atoms with Crippen LogP contribution in [0, 0.1) is 17.6 Å². The Kier molecular flexibility index (Phi) is 14.9. The van der Waals surface area contributed by atoms with E-state index in [4.69, 9.17) is 21.3 Å². The van der Waals surface area contributed by atoms with E-state index in [1.54, 1.807) is 62.0 Å². The number of benzene rings is 3. The Morgan fingerprint density at radius 1 is 0.984 bits per heavy atom. The minimum absolute atomic E-state index is 0.0262. The Morgan fingerprint density at radius 3 is 2.34 bits per heavy atom. The molecular weight excluding hydrogens is 833 g/mol. The van der Waals surface area contributed by atoms with Gasteiger partial charge in [0, 0.05) is 43.4 Å². The van der Waals surface area contributed by atoms with Gasteiger partial charge in [-0.25, -0.2) is 28.0 Å². The molecule has 0 spiro atoms. The summed E-state index contributed by atoms with van der Waals surface area (Å²) in [4.78, 5) is 72.9. The highest BCUT2D eigenvalue weighted by Crippen LogP contribution is 2.46. The molecule has 0 saturated carbocycles. The van der Waals surface area contributed by atoms with Crippen LogP contribution in [0.25, 0.3) is 10.8 Å². The molecule has 4 atom stereocenters. The highest BCUT2D eigenvalue weighted by molar-refractivity contribution is 5.98. The van der Waals surface area contributed by atoms with Gasteiger partial charge in [-0.2, -0.15) is 10.2 Å². The number of rotatable bonds is 18. The zero-order chi connectivity index (χ0) is 46.2. The van der Waals surface area contributed by atoms with E-state index in [9.17, 15) is 28.4 Å². The van der Waals surface area contributed by atoms with Crippen molar-refractivity contribution in [2.24, 2.45) is 24.4 Å². The first-order chi connectivity index (χ1) is 30.5. The van der Waals surface area contributed by atoms with Gasteiger partial charge in [-0.1, -0.05) is 38.1 Å². The fourth-order valence-electron chi connectivity index (χ4n) is 7.27.